The van der Waals surface area contributed by atoms with Crippen molar-refractivity contribution in [1.82, 2.24) is 0 Å². The van der Waals surface area contributed by atoms with Gasteiger partial charge in [-0.05, 0) is 6.08 Å². The molecule has 1 heterocycles. The molecule has 0 saturated carbocycles. The van der Waals surface area contributed by atoms with E-state index in [0.29, 0.717) is 5.70 Å². The quantitative estimate of drug-likeness (QED) is 0.403. The molecule has 0 N–H and O–H groups in total. The number of carbonyl (C=O) groups excluding carboxylic acids is 2. The van der Waals surface area contributed by atoms with E-state index in [1.165, 1.54) is 31.8 Å². The zero-order valence-corrected chi connectivity index (χ0v) is 11.3. The number of hydrogen-bond acceptors (Lipinski definition) is 5. The highest BCUT2D eigenvalue weighted by atomic mass is 16.5. The SMILES string of the molecule is C=[N+]1C(C)=C(C(=O)OC)C(C(=O)OC)=C1/C=C(/C)[O-]. The predicted molar refractivity (Wildman–Crippen MR) is 64.9 cm³/mol. The number of rotatable bonds is 3. The second kappa shape index (κ2) is 5.51. The van der Waals surface area contributed by atoms with Crippen LogP contribution in [0.4, 0.5) is 0 Å². The van der Waals surface area contributed by atoms with Crippen molar-refractivity contribution in [2.24, 2.45) is 0 Å². The molecule has 19 heavy (non-hydrogen) atoms. The molecule has 0 aliphatic carbocycles. The van der Waals surface area contributed by atoms with Crippen molar-refractivity contribution in [2.75, 3.05) is 14.2 Å². The Morgan fingerprint density at radius 3 is 2.11 bits per heavy atom. The van der Waals surface area contributed by atoms with E-state index in [0.717, 1.165) is 0 Å². The molecule has 102 valence electrons. The summed E-state index contributed by atoms with van der Waals surface area (Å²) in [4.78, 5) is 23.6. The predicted octanol–water partition coefficient (Wildman–Crippen LogP) is -0.149. The summed E-state index contributed by atoms with van der Waals surface area (Å²) >= 11 is 0. The number of ether oxygens (including phenoxy) is 2. The molecule has 0 spiro atoms. The van der Waals surface area contributed by atoms with E-state index in [1.807, 2.05) is 0 Å². The van der Waals surface area contributed by atoms with Crippen molar-refractivity contribution in [1.29, 1.82) is 0 Å². The number of carbonyl (C=O) groups is 2. The lowest BCUT2D eigenvalue weighted by molar-refractivity contribution is -0.404. The molecule has 6 nitrogen and oxygen atoms in total. The molecule has 0 unspecified atom stereocenters. The minimum atomic E-state index is -0.724. The Kier molecular flexibility index (Phi) is 4.26. The van der Waals surface area contributed by atoms with Gasteiger partial charge in [0.05, 0.1) is 14.2 Å². The van der Waals surface area contributed by atoms with Crippen LogP contribution in [-0.2, 0) is 19.1 Å². The van der Waals surface area contributed by atoms with Crippen molar-refractivity contribution < 1.29 is 28.7 Å². The summed E-state index contributed by atoms with van der Waals surface area (Å²) in [6, 6.07) is 0. The number of esters is 2. The van der Waals surface area contributed by atoms with Gasteiger partial charge in [0.2, 0.25) is 5.70 Å². The lowest BCUT2D eigenvalue weighted by Gasteiger charge is -2.04. The molecule has 0 radical (unpaired) electrons. The highest BCUT2D eigenvalue weighted by molar-refractivity contribution is 6.08. The molecule has 0 saturated heterocycles. The first-order valence-electron chi connectivity index (χ1n) is 5.43. The molecule has 0 bridgehead atoms. The standard InChI is InChI=1S/C13H15NO5/c1-7(15)6-9-11(13(17)19-5)10(12(16)18-4)8(2)14(9)3/h6H,3H2,1-2,4-5H3. The fraction of sp³-hybridized carbons (Fsp3) is 0.308. The minimum absolute atomic E-state index is 0.0166. The molecule has 6 heteroatoms. The molecule has 0 atom stereocenters. The lowest BCUT2D eigenvalue weighted by Crippen LogP contribution is -2.15. The van der Waals surface area contributed by atoms with Gasteiger partial charge in [-0.15, -0.1) is 5.76 Å². The summed E-state index contributed by atoms with van der Waals surface area (Å²) < 4.78 is 10.6. The summed E-state index contributed by atoms with van der Waals surface area (Å²) in [6.45, 7) is 6.64. The highest BCUT2D eigenvalue weighted by Crippen LogP contribution is 2.31. The number of nitrogens with zero attached hydrogens (tertiary/aromatic N) is 1. The fourth-order valence-corrected chi connectivity index (χ4v) is 1.76. The van der Waals surface area contributed by atoms with E-state index in [4.69, 9.17) is 0 Å². The van der Waals surface area contributed by atoms with Crippen LogP contribution in [0.15, 0.2) is 34.4 Å². The van der Waals surface area contributed by atoms with E-state index in [1.54, 1.807) is 6.92 Å². The maximum atomic E-state index is 11.8. The van der Waals surface area contributed by atoms with Crippen LogP contribution in [0.25, 0.3) is 0 Å². The number of hydrogen-bond donors (Lipinski definition) is 0. The maximum absolute atomic E-state index is 11.8. The van der Waals surface area contributed by atoms with E-state index < -0.39 is 11.9 Å². The number of allylic oxidation sites excluding steroid dienone is 3. The summed E-state index contributed by atoms with van der Waals surface area (Å²) in [5, 5.41) is 11.2. The molecule has 1 aliphatic rings. The molecule has 0 amide bonds. The maximum Gasteiger partial charge on any atom is 0.345 e. The van der Waals surface area contributed by atoms with Crippen LogP contribution in [0.1, 0.15) is 13.8 Å². The van der Waals surface area contributed by atoms with Gasteiger partial charge in [-0.3, -0.25) is 0 Å². The van der Waals surface area contributed by atoms with Crippen LogP contribution >= 0.6 is 0 Å². The van der Waals surface area contributed by atoms with Crippen LogP contribution in [-0.4, -0.2) is 37.5 Å². The van der Waals surface area contributed by atoms with E-state index in [9.17, 15) is 14.7 Å². The normalized spacial score (nSPS) is 16.0. The van der Waals surface area contributed by atoms with Crippen molar-refractivity contribution in [3.05, 3.63) is 34.4 Å². The Balaban J connectivity index is 3.56. The Labute approximate surface area is 110 Å². The van der Waals surface area contributed by atoms with Gasteiger partial charge in [0.25, 0.3) is 0 Å². The van der Waals surface area contributed by atoms with Crippen LogP contribution in [0, 0.1) is 0 Å². The van der Waals surface area contributed by atoms with Gasteiger partial charge in [-0.25, -0.2) is 9.59 Å². The number of methoxy groups -OCH3 is 2. The largest absolute Gasteiger partial charge is 0.875 e. The van der Waals surface area contributed by atoms with Crippen LogP contribution in [0.5, 0.6) is 0 Å². The van der Waals surface area contributed by atoms with Gasteiger partial charge in [-0.1, -0.05) is 6.92 Å². The highest BCUT2D eigenvalue weighted by Gasteiger charge is 2.41. The van der Waals surface area contributed by atoms with E-state index >= 15 is 0 Å². The van der Waals surface area contributed by atoms with Gasteiger partial charge in [0, 0.05) is 6.92 Å². The molecule has 1 aliphatic heterocycles. The fourth-order valence-electron chi connectivity index (χ4n) is 1.76. The van der Waals surface area contributed by atoms with Gasteiger partial charge in [0.15, 0.2) is 11.3 Å². The second-order valence-corrected chi connectivity index (χ2v) is 3.89. The molecule has 0 aromatic rings. The lowest BCUT2D eigenvalue weighted by atomic mass is 10.1. The van der Waals surface area contributed by atoms with Crippen molar-refractivity contribution in [3.63, 3.8) is 0 Å². The van der Waals surface area contributed by atoms with Crippen LogP contribution in [0.2, 0.25) is 0 Å². The van der Waals surface area contributed by atoms with E-state index in [2.05, 4.69) is 16.2 Å². The topological polar surface area (TPSA) is 78.7 Å². The summed E-state index contributed by atoms with van der Waals surface area (Å²) in [5.41, 5.74) is 0.672. The molecule has 0 fully saturated rings. The third-order valence-corrected chi connectivity index (χ3v) is 2.68. The Morgan fingerprint density at radius 2 is 1.68 bits per heavy atom. The molecular weight excluding hydrogens is 250 g/mol. The first-order valence-corrected chi connectivity index (χ1v) is 5.43. The Hall–Kier alpha value is -2.37. The van der Waals surface area contributed by atoms with E-state index in [-0.39, 0.29) is 22.6 Å². The third-order valence-electron chi connectivity index (χ3n) is 2.68. The van der Waals surface area contributed by atoms with Crippen molar-refractivity contribution in [3.8, 4) is 0 Å². The molecule has 0 aromatic heterocycles. The van der Waals surface area contributed by atoms with Crippen LogP contribution < -0.4 is 5.11 Å². The molecule has 0 aromatic carbocycles. The van der Waals surface area contributed by atoms with Crippen molar-refractivity contribution >= 4 is 18.7 Å². The van der Waals surface area contributed by atoms with Gasteiger partial charge >= 0.3 is 11.9 Å². The monoisotopic (exact) mass is 265 g/mol. The van der Waals surface area contributed by atoms with Crippen LogP contribution in [0.3, 0.4) is 0 Å². The zero-order chi connectivity index (χ0) is 14.7. The second-order valence-electron chi connectivity index (χ2n) is 3.89. The summed E-state index contributed by atoms with van der Waals surface area (Å²) in [7, 11) is 2.40. The van der Waals surface area contributed by atoms with Gasteiger partial charge < -0.3 is 14.6 Å². The third kappa shape index (κ3) is 2.57. The average Bonchev–Trinajstić information content (AvgIpc) is 2.61. The molecule has 1 rings (SSSR count). The zero-order valence-electron chi connectivity index (χ0n) is 11.3. The average molecular weight is 265 g/mol. The first kappa shape index (κ1) is 14.7. The van der Waals surface area contributed by atoms with Gasteiger partial charge in [0.1, 0.15) is 12.3 Å². The minimum Gasteiger partial charge on any atom is -0.875 e. The Bertz CT molecular complexity index is 547. The summed E-state index contributed by atoms with van der Waals surface area (Å²) in [6.07, 6.45) is 1.22. The smallest absolute Gasteiger partial charge is 0.345 e. The first-order chi connectivity index (χ1) is 8.84. The van der Waals surface area contributed by atoms with Gasteiger partial charge in [-0.2, -0.15) is 4.58 Å². The Morgan fingerprint density at radius 1 is 1.21 bits per heavy atom. The summed E-state index contributed by atoms with van der Waals surface area (Å²) in [5.74, 6) is -1.68. The molecular formula is C13H15NO5. The van der Waals surface area contributed by atoms with Crippen molar-refractivity contribution in [2.45, 2.75) is 13.8 Å².